The maximum atomic E-state index is 12.5. The minimum atomic E-state index is -0.255. The molecule has 5 nitrogen and oxygen atoms in total. The van der Waals surface area contributed by atoms with Crippen molar-refractivity contribution in [1.29, 1.82) is 0 Å². The molecule has 2 N–H and O–H groups in total. The lowest BCUT2D eigenvalue weighted by molar-refractivity contribution is -0.659. The van der Waals surface area contributed by atoms with Crippen LogP contribution in [0.25, 0.3) is 11.0 Å². The number of rotatable bonds is 6. The number of aliphatic hydroxyl groups is 1. The Morgan fingerprint density at radius 1 is 1.29 bits per heavy atom. The molecule has 1 atom stereocenters. The number of benzene rings is 1. The third kappa shape index (κ3) is 4.35. The molecule has 0 fully saturated rings. The van der Waals surface area contributed by atoms with Crippen molar-refractivity contribution in [3.63, 3.8) is 0 Å². The Kier molecular flexibility index (Phi) is 5.65. The summed E-state index contributed by atoms with van der Waals surface area (Å²) in [4.78, 5) is 12.5. The molecule has 2 rings (SSSR count). The van der Waals surface area contributed by atoms with Gasteiger partial charge in [0.1, 0.15) is 0 Å². The number of carbonyl (C=O) groups excluding carboxylic acids is 1. The average Bonchev–Trinajstić information content (AvgIpc) is 2.81. The van der Waals surface area contributed by atoms with Crippen LogP contribution in [-0.4, -0.2) is 28.2 Å². The van der Waals surface area contributed by atoms with Crippen LogP contribution in [0.5, 0.6) is 0 Å². The molecule has 2 aromatic rings. The molecule has 0 aliphatic carbocycles. The van der Waals surface area contributed by atoms with Gasteiger partial charge in [0.25, 0.3) is 5.91 Å². The van der Waals surface area contributed by atoms with Crippen LogP contribution in [0, 0.1) is 11.3 Å². The van der Waals surface area contributed by atoms with Crippen LogP contribution in [0.2, 0.25) is 0 Å². The first-order chi connectivity index (χ1) is 11.2. The number of para-hydroxylation sites is 2. The Hall–Kier alpha value is -1.88. The van der Waals surface area contributed by atoms with Gasteiger partial charge in [-0.05, 0) is 23.5 Å². The van der Waals surface area contributed by atoms with Gasteiger partial charge in [-0.1, -0.05) is 46.8 Å². The van der Waals surface area contributed by atoms with Crippen molar-refractivity contribution >= 4 is 16.9 Å². The second-order valence-corrected chi connectivity index (χ2v) is 7.95. The quantitative estimate of drug-likeness (QED) is 0.796. The Balaban J connectivity index is 2.22. The predicted molar refractivity (Wildman–Crippen MR) is 95.4 cm³/mol. The van der Waals surface area contributed by atoms with E-state index in [1.165, 1.54) is 0 Å². The molecule has 0 bridgehead atoms. The summed E-state index contributed by atoms with van der Waals surface area (Å²) < 4.78 is 4.17. The van der Waals surface area contributed by atoms with Crippen LogP contribution in [0.1, 0.15) is 34.6 Å². The summed E-state index contributed by atoms with van der Waals surface area (Å²) in [5.41, 5.74) is 2.00. The van der Waals surface area contributed by atoms with Gasteiger partial charge in [0.15, 0.2) is 17.6 Å². The summed E-state index contributed by atoms with van der Waals surface area (Å²) >= 11 is 0. The highest BCUT2D eigenvalue weighted by atomic mass is 16.3. The average molecular weight is 332 g/mol. The molecule has 0 aliphatic heterocycles. The van der Waals surface area contributed by atoms with Crippen LogP contribution in [-0.2, 0) is 17.9 Å². The van der Waals surface area contributed by atoms with Gasteiger partial charge in [-0.25, -0.2) is 9.13 Å². The summed E-state index contributed by atoms with van der Waals surface area (Å²) in [5.74, 6) is 0.448. The van der Waals surface area contributed by atoms with E-state index in [2.05, 4.69) is 29.8 Å². The van der Waals surface area contributed by atoms with E-state index >= 15 is 0 Å². The fourth-order valence-corrected chi connectivity index (χ4v) is 2.84. The maximum absolute atomic E-state index is 12.5. The molecular formula is C19H30N3O2+. The molecule has 1 amide bonds. The topological polar surface area (TPSA) is 58.1 Å². The minimum absolute atomic E-state index is 0.0605. The number of nitrogens with one attached hydrogen (secondary N) is 1. The van der Waals surface area contributed by atoms with Gasteiger partial charge in [-0.3, -0.25) is 4.79 Å². The van der Waals surface area contributed by atoms with Crippen molar-refractivity contribution in [2.24, 2.45) is 11.3 Å². The molecule has 0 spiro atoms. The highest BCUT2D eigenvalue weighted by Crippen LogP contribution is 2.18. The van der Waals surface area contributed by atoms with Gasteiger partial charge in [-0.15, -0.1) is 0 Å². The van der Waals surface area contributed by atoms with Crippen molar-refractivity contribution < 1.29 is 14.5 Å². The Labute approximate surface area is 144 Å². The van der Waals surface area contributed by atoms with Crippen LogP contribution in [0.4, 0.5) is 0 Å². The van der Waals surface area contributed by atoms with Crippen molar-refractivity contribution in [2.75, 3.05) is 6.61 Å². The van der Waals surface area contributed by atoms with Gasteiger partial charge < -0.3 is 10.4 Å². The Morgan fingerprint density at radius 2 is 1.96 bits per heavy atom. The molecule has 1 heterocycles. The van der Waals surface area contributed by atoms with Crippen LogP contribution in [0.15, 0.2) is 30.6 Å². The lowest BCUT2D eigenvalue weighted by atomic mass is 9.87. The fourth-order valence-electron chi connectivity index (χ4n) is 2.84. The molecule has 0 radical (unpaired) electrons. The summed E-state index contributed by atoms with van der Waals surface area (Å²) in [6, 6.07) is 7.87. The molecule has 0 aliphatic rings. The summed E-state index contributed by atoms with van der Waals surface area (Å²) in [5, 5.41) is 12.5. The zero-order valence-corrected chi connectivity index (χ0v) is 15.4. The van der Waals surface area contributed by atoms with E-state index in [4.69, 9.17) is 0 Å². The van der Waals surface area contributed by atoms with E-state index in [-0.39, 0.29) is 30.5 Å². The highest BCUT2D eigenvalue weighted by Gasteiger charge is 2.26. The van der Waals surface area contributed by atoms with E-state index in [9.17, 15) is 9.90 Å². The number of carbonyl (C=O) groups is 1. The second-order valence-electron chi connectivity index (χ2n) is 7.95. The normalized spacial score (nSPS) is 13.5. The molecule has 24 heavy (non-hydrogen) atoms. The number of amides is 1. The third-order valence-electron chi connectivity index (χ3n) is 4.22. The number of fused-ring (bicyclic) bond motifs is 1. The zero-order chi connectivity index (χ0) is 17.9. The molecule has 1 aromatic carbocycles. The SMILES string of the molecule is CC(C)Cn1c[n+](CC(=O)N[C@H](CO)C(C)(C)C)c2ccccc21. The summed E-state index contributed by atoms with van der Waals surface area (Å²) in [7, 11) is 0. The van der Waals surface area contributed by atoms with Crippen molar-refractivity contribution in [3.8, 4) is 0 Å². The predicted octanol–water partition coefficient (Wildman–Crippen LogP) is 2.11. The first kappa shape index (κ1) is 18.5. The molecule has 0 saturated carbocycles. The monoisotopic (exact) mass is 332 g/mol. The largest absolute Gasteiger partial charge is 0.394 e. The van der Waals surface area contributed by atoms with E-state index in [1.54, 1.807) is 0 Å². The number of nitrogens with zero attached hydrogens (tertiary/aromatic N) is 2. The van der Waals surface area contributed by atoms with Gasteiger partial charge in [0.2, 0.25) is 6.33 Å². The third-order valence-corrected chi connectivity index (χ3v) is 4.22. The Bertz CT molecular complexity index is 698. The maximum Gasteiger partial charge on any atom is 0.262 e. The van der Waals surface area contributed by atoms with E-state index in [0.29, 0.717) is 5.92 Å². The van der Waals surface area contributed by atoms with Gasteiger partial charge in [0.05, 0.1) is 19.2 Å². The lowest BCUT2D eigenvalue weighted by Gasteiger charge is -2.29. The van der Waals surface area contributed by atoms with Crippen LogP contribution < -0.4 is 9.88 Å². The second kappa shape index (κ2) is 7.34. The molecule has 0 unspecified atom stereocenters. The fraction of sp³-hybridized carbons (Fsp3) is 0.579. The van der Waals surface area contributed by atoms with Crippen molar-refractivity contribution in [3.05, 3.63) is 30.6 Å². The van der Waals surface area contributed by atoms with E-state index in [1.807, 2.05) is 49.9 Å². The minimum Gasteiger partial charge on any atom is -0.394 e. The molecule has 1 aromatic heterocycles. The summed E-state index contributed by atoms with van der Waals surface area (Å²) in [6.07, 6.45) is 2.01. The van der Waals surface area contributed by atoms with E-state index < -0.39 is 0 Å². The number of hydrogen-bond acceptors (Lipinski definition) is 2. The summed E-state index contributed by atoms with van der Waals surface area (Å²) in [6.45, 7) is 11.5. The molecule has 132 valence electrons. The smallest absolute Gasteiger partial charge is 0.262 e. The highest BCUT2D eigenvalue weighted by molar-refractivity contribution is 5.76. The van der Waals surface area contributed by atoms with Crippen LogP contribution >= 0.6 is 0 Å². The first-order valence-electron chi connectivity index (χ1n) is 8.60. The van der Waals surface area contributed by atoms with Crippen LogP contribution in [0.3, 0.4) is 0 Å². The van der Waals surface area contributed by atoms with Crippen molar-refractivity contribution in [1.82, 2.24) is 9.88 Å². The van der Waals surface area contributed by atoms with Gasteiger partial charge in [-0.2, -0.15) is 0 Å². The number of hydrogen-bond donors (Lipinski definition) is 2. The van der Waals surface area contributed by atoms with Crippen molar-refractivity contribution in [2.45, 2.75) is 53.8 Å². The number of aromatic nitrogens is 2. The molecule has 5 heteroatoms. The number of imidazole rings is 1. The lowest BCUT2D eigenvalue weighted by Crippen LogP contribution is -2.51. The number of aliphatic hydroxyl groups excluding tert-OH is 1. The van der Waals surface area contributed by atoms with Gasteiger partial charge in [0, 0.05) is 0 Å². The standard InChI is InChI=1S/C19H29N3O2/c1-14(2)10-21-13-22(16-9-7-6-8-15(16)21)11-18(24)20-17(12-23)19(3,4)5/h6-9,13-14,17,23H,10-12H2,1-5H3/p+1/t17-/m1/s1. The molecule has 0 saturated heterocycles. The molecular weight excluding hydrogens is 302 g/mol. The zero-order valence-electron chi connectivity index (χ0n) is 15.4. The van der Waals surface area contributed by atoms with E-state index in [0.717, 1.165) is 17.6 Å². The Morgan fingerprint density at radius 3 is 2.54 bits per heavy atom. The van der Waals surface area contributed by atoms with Gasteiger partial charge >= 0.3 is 0 Å². The first-order valence-corrected chi connectivity index (χ1v) is 8.60.